The number of nitrogens with one attached hydrogen (secondary N) is 2. The van der Waals surface area contributed by atoms with Gasteiger partial charge in [-0.25, -0.2) is 0 Å². The van der Waals surface area contributed by atoms with Gasteiger partial charge in [-0.1, -0.05) is 6.07 Å². The average Bonchev–Trinajstić information content (AvgIpc) is 2.67. The summed E-state index contributed by atoms with van der Waals surface area (Å²) in [4.78, 5) is 15.8. The molecule has 1 aromatic heterocycles. The maximum absolute atomic E-state index is 11.9. The maximum Gasteiger partial charge on any atom is 0.252 e. The molecule has 0 aliphatic rings. The van der Waals surface area contributed by atoms with Crippen LogP contribution in [0.2, 0.25) is 0 Å². The van der Waals surface area contributed by atoms with E-state index >= 15 is 0 Å². The molecule has 0 saturated carbocycles. The molecule has 2 aromatic rings. The molecule has 2 N–H and O–H groups in total. The van der Waals surface area contributed by atoms with E-state index in [0.29, 0.717) is 42.4 Å². The summed E-state index contributed by atoms with van der Waals surface area (Å²) in [6.45, 7) is 1.69. The zero-order chi connectivity index (χ0) is 18.1. The average molecular weight is 345 g/mol. The molecule has 7 nitrogen and oxygen atoms in total. The van der Waals surface area contributed by atoms with Gasteiger partial charge in [-0.2, -0.15) is 0 Å². The number of carbonyl (C=O) groups excluding carboxylic acids is 1. The Bertz CT molecular complexity index is 692. The summed E-state index contributed by atoms with van der Waals surface area (Å²) in [5, 5.41) is 6.10. The van der Waals surface area contributed by atoms with E-state index in [9.17, 15) is 4.79 Å². The second-order valence-corrected chi connectivity index (χ2v) is 5.17. The minimum Gasteiger partial charge on any atom is -0.493 e. The molecule has 1 aromatic carbocycles. The largest absolute Gasteiger partial charge is 0.493 e. The number of amides is 1. The summed E-state index contributed by atoms with van der Waals surface area (Å²) >= 11 is 0. The smallest absolute Gasteiger partial charge is 0.252 e. The summed E-state index contributed by atoms with van der Waals surface area (Å²) in [7, 11) is 4.75. The zero-order valence-corrected chi connectivity index (χ0v) is 14.7. The number of aromatic nitrogens is 1. The Hall–Kier alpha value is -2.80. The molecule has 0 spiro atoms. The molecule has 0 radical (unpaired) electrons. The maximum atomic E-state index is 11.9. The Morgan fingerprint density at radius 1 is 1.04 bits per heavy atom. The van der Waals surface area contributed by atoms with Crippen LogP contribution in [-0.2, 0) is 6.54 Å². The molecule has 0 aliphatic heterocycles. The van der Waals surface area contributed by atoms with E-state index < -0.39 is 0 Å². The van der Waals surface area contributed by atoms with Crippen LogP contribution in [0.25, 0.3) is 0 Å². The predicted molar refractivity (Wildman–Crippen MR) is 94.4 cm³/mol. The van der Waals surface area contributed by atoms with Crippen molar-refractivity contribution < 1.29 is 19.0 Å². The third-order valence-electron chi connectivity index (χ3n) is 3.61. The van der Waals surface area contributed by atoms with Gasteiger partial charge in [-0.3, -0.25) is 9.78 Å². The topological polar surface area (TPSA) is 81.7 Å². The van der Waals surface area contributed by atoms with E-state index in [1.807, 2.05) is 12.1 Å². The highest BCUT2D eigenvalue weighted by molar-refractivity contribution is 5.93. The summed E-state index contributed by atoms with van der Waals surface area (Å²) in [6, 6.07) is 7.21. The van der Waals surface area contributed by atoms with Gasteiger partial charge in [0.25, 0.3) is 5.91 Å². The van der Waals surface area contributed by atoms with Gasteiger partial charge >= 0.3 is 0 Å². The monoisotopic (exact) mass is 345 g/mol. The lowest BCUT2D eigenvalue weighted by Crippen LogP contribution is -2.31. The molecule has 1 amide bonds. The van der Waals surface area contributed by atoms with Gasteiger partial charge in [0.15, 0.2) is 11.5 Å². The van der Waals surface area contributed by atoms with E-state index in [2.05, 4.69) is 15.6 Å². The zero-order valence-electron chi connectivity index (χ0n) is 14.7. The Morgan fingerprint density at radius 2 is 1.84 bits per heavy atom. The lowest BCUT2D eigenvalue weighted by molar-refractivity contribution is 0.0953. The molecule has 0 aliphatic carbocycles. The Balaban J connectivity index is 1.85. The number of pyridine rings is 1. The van der Waals surface area contributed by atoms with Crippen LogP contribution in [0.15, 0.2) is 36.7 Å². The first kappa shape index (κ1) is 18.5. The van der Waals surface area contributed by atoms with E-state index in [1.54, 1.807) is 39.7 Å². The van der Waals surface area contributed by atoms with Gasteiger partial charge in [-0.15, -0.1) is 0 Å². The minimum absolute atomic E-state index is 0.140. The van der Waals surface area contributed by atoms with Crippen LogP contribution in [0.5, 0.6) is 17.2 Å². The SMILES string of the molecule is COc1ccc(CNCCNC(=O)c2cccnc2)c(OC)c1OC. The van der Waals surface area contributed by atoms with Crippen LogP contribution in [-0.4, -0.2) is 45.3 Å². The Morgan fingerprint density at radius 3 is 2.48 bits per heavy atom. The van der Waals surface area contributed by atoms with Crippen LogP contribution in [0.3, 0.4) is 0 Å². The van der Waals surface area contributed by atoms with Crippen molar-refractivity contribution in [2.45, 2.75) is 6.54 Å². The molecular weight excluding hydrogens is 322 g/mol. The number of methoxy groups -OCH3 is 3. The summed E-state index contributed by atoms with van der Waals surface area (Å²) in [5.74, 6) is 1.67. The highest BCUT2D eigenvalue weighted by atomic mass is 16.5. The third-order valence-corrected chi connectivity index (χ3v) is 3.61. The van der Waals surface area contributed by atoms with E-state index in [0.717, 1.165) is 5.56 Å². The number of hydrogen-bond donors (Lipinski definition) is 2. The minimum atomic E-state index is -0.140. The van der Waals surface area contributed by atoms with Crippen molar-refractivity contribution in [2.24, 2.45) is 0 Å². The van der Waals surface area contributed by atoms with Gasteiger partial charge in [0, 0.05) is 37.6 Å². The van der Waals surface area contributed by atoms with Crippen LogP contribution < -0.4 is 24.8 Å². The number of carbonyl (C=O) groups is 1. The van der Waals surface area contributed by atoms with E-state index in [-0.39, 0.29) is 5.91 Å². The highest BCUT2D eigenvalue weighted by Crippen LogP contribution is 2.39. The molecule has 0 fully saturated rings. The van der Waals surface area contributed by atoms with Crippen LogP contribution in [0.1, 0.15) is 15.9 Å². The molecule has 0 unspecified atom stereocenters. The first-order valence-electron chi connectivity index (χ1n) is 7.88. The number of hydrogen-bond acceptors (Lipinski definition) is 6. The fourth-order valence-electron chi connectivity index (χ4n) is 2.39. The molecule has 1 heterocycles. The van der Waals surface area contributed by atoms with Crippen molar-refractivity contribution in [2.75, 3.05) is 34.4 Å². The Labute approximate surface area is 147 Å². The quantitative estimate of drug-likeness (QED) is 0.672. The molecule has 0 bridgehead atoms. The van der Waals surface area contributed by atoms with Crippen molar-refractivity contribution in [1.29, 1.82) is 0 Å². The van der Waals surface area contributed by atoms with Crippen molar-refractivity contribution >= 4 is 5.91 Å². The number of rotatable bonds is 9. The number of ether oxygens (including phenoxy) is 3. The third kappa shape index (κ3) is 4.84. The molecule has 25 heavy (non-hydrogen) atoms. The molecule has 0 atom stereocenters. The first-order chi connectivity index (χ1) is 12.2. The van der Waals surface area contributed by atoms with Crippen LogP contribution >= 0.6 is 0 Å². The lowest BCUT2D eigenvalue weighted by atomic mass is 10.1. The van der Waals surface area contributed by atoms with E-state index in [4.69, 9.17) is 14.2 Å². The molecule has 0 saturated heterocycles. The van der Waals surface area contributed by atoms with E-state index in [1.165, 1.54) is 6.20 Å². The van der Waals surface area contributed by atoms with Gasteiger partial charge in [0.1, 0.15) is 0 Å². The summed E-state index contributed by atoms with van der Waals surface area (Å²) < 4.78 is 16.1. The number of nitrogens with zero attached hydrogens (tertiary/aromatic N) is 1. The highest BCUT2D eigenvalue weighted by Gasteiger charge is 2.15. The second kappa shape index (κ2) is 9.48. The Kier molecular flexibility index (Phi) is 7.03. The summed E-state index contributed by atoms with van der Waals surface area (Å²) in [6.07, 6.45) is 3.17. The molecule has 134 valence electrons. The predicted octanol–water partition coefficient (Wildman–Crippen LogP) is 1.63. The van der Waals surface area contributed by atoms with Crippen LogP contribution in [0.4, 0.5) is 0 Å². The fraction of sp³-hybridized carbons (Fsp3) is 0.333. The molecule has 2 rings (SSSR count). The standard InChI is InChI=1S/C18H23N3O4/c1-23-15-7-6-13(16(24-2)17(15)25-3)11-20-9-10-21-18(22)14-5-4-8-19-12-14/h4-8,12,20H,9-11H2,1-3H3,(H,21,22). The van der Waals surface area contributed by atoms with Crippen LogP contribution in [0, 0.1) is 0 Å². The molecular formula is C18H23N3O4. The van der Waals surface area contributed by atoms with Crippen molar-refractivity contribution in [3.8, 4) is 17.2 Å². The summed E-state index contributed by atoms with van der Waals surface area (Å²) in [5.41, 5.74) is 1.49. The normalized spacial score (nSPS) is 10.2. The van der Waals surface area contributed by atoms with Gasteiger partial charge in [-0.05, 0) is 18.2 Å². The van der Waals surface area contributed by atoms with Crippen molar-refractivity contribution in [1.82, 2.24) is 15.6 Å². The number of benzene rings is 1. The van der Waals surface area contributed by atoms with Crippen molar-refractivity contribution in [3.63, 3.8) is 0 Å². The van der Waals surface area contributed by atoms with Crippen molar-refractivity contribution in [3.05, 3.63) is 47.8 Å². The molecule has 7 heteroatoms. The lowest BCUT2D eigenvalue weighted by Gasteiger charge is -2.16. The second-order valence-electron chi connectivity index (χ2n) is 5.17. The van der Waals surface area contributed by atoms with Gasteiger partial charge < -0.3 is 24.8 Å². The fourth-order valence-corrected chi connectivity index (χ4v) is 2.39. The van der Waals surface area contributed by atoms with Gasteiger partial charge in [0.05, 0.1) is 26.9 Å². The first-order valence-corrected chi connectivity index (χ1v) is 7.88. The van der Waals surface area contributed by atoms with Gasteiger partial charge in [0.2, 0.25) is 5.75 Å².